The van der Waals surface area contributed by atoms with Crippen molar-refractivity contribution in [3.63, 3.8) is 0 Å². The fraction of sp³-hybridized carbons (Fsp3) is 0.588. The molecule has 1 heterocycles. The van der Waals surface area contributed by atoms with Gasteiger partial charge in [-0.05, 0) is 36.0 Å². The van der Waals surface area contributed by atoms with Gasteiger partial charge in [0.2, 0.25) is 5.91 Å². The number of amides is 1. The van der Waals surface area contributed by atoms with Crippen LogP contribution in [0, 0.1) is 0 Å². The summed E-state index contributed by atoms with van der Waals surface area (Å²) in [6.07, 6.45) is 1.07. The number of carbonyl (C=O) groups excluding carboxylic acids is 1. The predicted octanol–water partition coefficient (Wildman–Crippen LogP) is 1.65. The van der Waals surface area contributed by atoms with Gasteiger partial charge in [0, 0.05) is 25.7 Å². The summed E-state index contributed by atoms with van der Waals surface area (Å²) >= 11 is 0. The SMILES string of the molecule is CC(C)c1cccc2c1CCN(C[C@H](C)NC(=O)CNO)C2. The average Bonchev–Trinajstić information content (AvgIpc) is 2.46. The maximum atomic E-state index is 11.5. The van der Waals surface area contributed by atoms with Crippen LogP contribution in [0.2, 0.25) is 0 Å². The van der Waals surface area contributed by atoms with Gasteiger partial charge in [-0.3, -0.25) is 9.69 Å². The van der Waals surface area contributed by atoms with E-state index in [4.69, 9.17) is 5.21 Å². The summed E-state index contributed by atoms with van der Waals surface area (Å²) in [6.45, 7) is 9.20. The lowest BCUT2D eigenvalue weighted by Crippen LogP contribution is -2.45. The molecule has 122 valence electrons. The molecule has 1 aromatic rings. The zero-order chi connectivity index (χ0) is 16.1. The molecule has 0 aromatic heterocycles. The van der Waals surface area contributed by atoms with Crippen molar-refractivity contribution in [1.29, 1.82) is 0 Å². The van der Waals surface area contributed by atoms with Crippen LogP contribution in [-0.2, 0) is 17.8 Å². The second-order valence-electron chi connectivity index (χ2n) is 6.43. The van der Waals surface area contributed by atoms with Gasteiger partial charge in [-0.1, -0.05) is 32.0 Å². The van der Waals surface area contributed by atoms with Gasteiger partial charge in [-0.25, -0.2) is 0 Å². The summed E-state index contributed by atoms with van der Waals surface area (Å²) in [5.74, 6) is 0.375. The van der Waals surface area contributed by atoms with E-state index in [0.29, 0.717) is 5.92 Å². The number of benzene rings is 1. The first-order valence-electron chi connectivity index (χ1n) is 8.00. The Labute approximate surface area is 132 Å². The predicted molar refractivity (Wildman–Crippen MR) is 86.9 cm³/mol. The molecule has 0 unspecified atom stereocenters. The van der Waals surface area contributed by atoms with Crippen LogP contribution in [0.1, 0.15) is 43.4 Å². The van der Waals surface area contributed by atoms with E-state index in [1.165, 1.54) is 16.7 Å². The van der Waals surface area contributed by atoms with Crippen LogP contribution in [0.15, 0.2) is 18.2 Å². The number of hydrogen-bond donors (Lipinski definition) is 3. The van der Waals surface area contributed by atoms with Crippen LogP contribution in [0.25, 0.3) is 0 Å². The molecule has 5 heteroatoms. The molecule has 1 amide bonds. The fourth-order valence-electron chi connectivity index (χ4n) is 3.22. The van der Waals surface area contributed by atoms with E-state index in [1.54, 1.807) is 0 Å². The van der Waals surface area contributed by atoms with E-state index in [-0.39, 0.29) is 18.5 Å². The molecule has 0 radical (unpaired) electrons. The maximum Gasteiger partial charge on any atom is 0.236 e. The molecule has 0 saturated carbocycles. The highest BCUT2D eigenvalue weighted by Gasteiger charge is 2.21. The minimum atomic E-state index is -0.186. The van der Waals surface area contributed by atoms with Crippen molar-refractivity contribution in [1.82, 2.24) is 15.7 Å². The fourth-order valence-corrected chi connectivity index (χ4v) is 3.22. The number of hydroxylamine groups is 1. The molecule has 1 aliphatic rings. The molecule has 0 bridgehead atoms. The van der Waals surface area contributed by atoms with E-state index in [2.05, 4.69) is 42.3 Å². The van der Waals surface area contributed by atoms with Gasteiger partial charge in [0.05, 0.1) is 6.54 Å². The standard InChI is InChI=1S/C17H27N3O2/c1-12(2)15-6-4-5-14-11-20(8-7-16(14)15)10-13(3)19-17(21)9-18-22/h4-6,12-13,18,22H,7-11H2,1-3H3,(H,19,21)/t13-/m0/s1. The molecule has 2 rings (SSSR count). The van der Waals surface area contributed by atoms with Crippen molar-refractivity contribution < 1.29 is 10.0 Å². The Morgan fingerprint density at radius 3 is 2.82 bits per heavy atom. The van der Waals surface area contributed by atoms with E-state index in [9.17, 15) is 4.79 Å². The summed E-state index contributed by atoms with van der Waals surface area (Å²) in [7, 11) is 0. The van der Waals surface area contributed by atoms with Gasteiger partial charge in [-0.2, -0.15) is 5.48 Å². The zero-order valence-corrected chi connectivity index (χ0v) is 13.7. The number of hydrogen-bond acceptors (Lipinski definition) is 4. The number of fused-ring (bicyclic) bond motifs is 1. The maximum absolute atomic E-state index is 11.5. The van der Waals surface area contributed by atoms with Crippen molar-refractivity contribution in [3.05, 3.63) is 34.9 Å². The molecule has 22 heavy (non-hydrogen) atoms. The molecular weight excluding hydrogens is 278 g/mol. The molecule has 1 aromatic carbocycles. The number of carbonyl (C=O) groups is 1. The molecule has 5 nitrogen and oxygen atoms in total. The van der Waals surface area contributed by atoms with Crippen molar-refractivity contribution in [3.8, 4) is 0 Å². The second kappa shape index (κ2) is 7.72. The Kier molecular flexibility index (Phi) is 5.94. The third-order valence-electron chi connectivity index (χ3n) is 4.18. The van der Waals surface area contributed by atoms with Crippen molar-refractivity contribution >= 4 is 5.91 Å². The Bertz CT molecular complexity index is 517. The summed E-state index contributed by atoms with van der Waals surface area (Å²) < 4.78 is 0. The van der Waals surface area contributed by atoms with E-state index in [1.807, 2.05) is 12.4 Å². The van der Waals surface area contributed by atoms with Gasteiger partial charge in [0.15, 0.2) is 0 Å². The molecule has 0 aliphatic carbocycles. The first kappa shape index (κ1) is 16.9. The normalized spacial score (nSPS) is 16.4. The topological polar surface area (TPSA) is 64.6 Å². The Hall–Kier alpha value is -1.43. The number of nitrogens with one attached hydrogen (secondary N) is 2. The summed E-state index contributed by atoms with van der Waals surface area (Å²) in [5, 5.41) is 11.4. The van der Waals surface area contributed by atoms with Crippen molar-refractivity contribution in [2.24, 2.45) is 0 Å². The quantitative estimate of drug-likeness (QED) is 0.699. The summed E-state index contributed by atoms with van der Waals surface area (Å²) in [4.78, 5) is 13.8. The summed E-state index contributed by atoms with van der Waals surface area (Å²) in [5.41, 5.74) is 6.27. The highest BCUT2D eigenvalue weighted by Crippen LogP contribution is 2.27. The molecule has 1 aliphatic heterocycles. The Morgan fingerprint density at radius 1 is 1.36 bits per heavy atom. The molecule has 0 fully saturated rings. The number of nitrogens with zero attached hydrogens (tertiary/aromatic N) is 1. The largest absolute Gasteiger partial charge is 0.351 e. The highest BCUT2D eigenvalue weighted by molar-refractivity contribution is 5.78. The zero-order valence-electron chi connectivity index (χ0n) is 13.7. The molecule has 0 spiro atoms. The van der Waals surface area contributed by atoms with Crippen molar-refractivity contribution in [2.75, 3.05) is 19.6 Å². The molecular formula is C17H27N3O2. The van der Waals surface area contributed by atoms with Crippen LogP contribution in [0.5, 0.6) is 0 Å². The summed E-state index contributed by atoms with van der Waals surface area (Å²) in [6, 6.07) is 6.67. The number of rotatable bonds is 6. The lowest BCUT2D eigenvalue weighted by molar-refractivity contribution is -0.122. The minimum Gasteiger partial charge on any atom is -0.351 e. The molecule has 3 N–H and O–H groups in total. The van der Waals surface area contributed by atoms with Gasteiger partial charge >= 0.3 is 0 Å². The Balaban J connectivity index is 1.95. The molecule has 1 atom stereocenters. The van der Waals surface area contributed by atoms with Gasteiger partial charge in [0.25, 0.3) is 0 Å². The first-order valence-corrected chi connectivity index (χ1v) is 8.00. The van der Waals surface area contributed by atoms with Crippen LogP contribution in [0.3, 0.4) is 0 Å². The van der Waals surface area contributed by atoms with E-state index in [0.717, 1.165) is 26.1 Å². The highest BCUT2D eigenvalue weighted by atomic mass is 16.5. The average molecular weight is 305 g/mol. The van der Waals surface area contributed by atoms with Gasteiger partial charge < -0.3 is 10.5 Å². The van der Waals surface area contributed by atoms with Crippen LogP contribution >= 0.6 is 0 Å². The first-order chi connectivity index (χ1) is 10.5. The van der Waals surface area contributed by atoms with Crippen LogP contribution < -0.4 is 10.8 Å². The van der Waals surface area contributed by atoms with E-state index >= 15 is 0 Å². The lowest BCUT2D eigenvalue weighted by Gasteiger charge is -2.32. The smallest absolute Gasteiger partial charge is 0.236 e. The third-order valence-corrected chi connectivity index (χ3v) is 4.18. The van der Waals surface area contributed by atoms with Gasteiger partial charge in [-0.15, -0.1) is 0 Å². The van der Waals surface area contributed by atoms with Crippen LogP contribution in [-0.4, -0.2) is 41.7 Å². The third kappa shape index (κ3) is 4.29. The van der Waals surface area contributed by atoms with Crippen molar-refractivity contribution in [2.45, 2.75) is 45.7 Å². The van der Waals surface area contributed by atoms with E-state index < -0.39 is 0 Å². The second-order valence-corrected chi connectivity index (χ2v) is 6.43. The lowest BCUT2D eigenvalue weighted by atomic mass is 9.89. The Morgan fingerprint density at radius 2 is 2.14 bits per heavy atom. The minimum absolute atomic E-state index is 0.0646. The monoisotopic (exact) mass is 305 g/mol. The van der Waals surface area contributed by atoms with Crippen LogP contribution in [0.4, 0.5) is 0 Å². The molecule has 0 saturated heterocycles. The van der Waals surface area contributed by atoms with Gasteiger partial charge in [0.1, 0.15) is 0 Å².